The van der Waals surface area contributed by atoms with E-state index in [1.807, 2.05) is 0 Å². The molecule has 2 nitrogen and oxygen atoms in total. The summed E-state index contributed by atoms with van der Waals surface area (Å²) in [5.41, 5.74) is -3.42. The van der Waals surface area contributed by atoms with E-state index in [-0.39, 0.29) is 22.3 Å². The van der Waals surface area contributed by atoms with Gasteiger partial charge >= 0.3 is 0 Å². The molecule has 0 bridgehead atoms. The molecule has 0 heterocycles. The lowest BCUT2D eigenvalue weighted by molar-refractivity contribution is 0.382. The number of halogens is 20. The molecule has 8 aromatic rings. The summed E-state index contributed by atoms with van der Waals surface area (Å²) in [7, 11) is -6.69. The van der Waals surface area contributed by atoms with Crippen LogP contribution < -0.4 is 30.7 Å². The van der Waals surface area contributed by atoms with Crippen molar-refractivity contribution in [3.05, 3.63) is 212 Å². The van der Waals surface area contributed by atoms with Gasteiger partial charge in [-0.05, 0) is 61.4 Å². The standard InChI is InChI=1S/C52H24F20O2P2/c1-73-25-15-13-21(19-9-5-3-6-10-19)23(17-75(49-41(65)33(57)29(53)34(58)42(49)66)50-43(67)35(59)30(54)36(60)44(50)68)27(25)28-24(22(14-16-26(28)74-2)20-11-7-4-8-12-20)18-76(51-45(69)37(61)31(55)38(62)46(51)70)52-47(71)39(63)32(56)40(64)48(52)72/h3-16H,17-18H2,1-2H3. The van der Waals surface area contributed by atoms with Gasteiger partial charge < -0.3 is 9.47 Å². The number of methoxy groups -OCH3 is 2. The number of hydrogen-bond donors (Lipinski definition) is 0. The minimum Gasteiger partial charge on any atom is -0.496 e. The second-order valence-electron chi connectivity index (χ2n) is 15.9. The van der Waals surface area contributed by atoms with Crippen LogP contribution in [-0.4, -0.2) is 14.2 Å². The van der Waals surface area contributed by atoms with E-state index in [1.54, 1.807) is 0 Å². The summed E-state index contributed by atoms with van der Waals surface area (Å²) in [5.74, 6) is -57.1. The maximum Gasteiger partial charge on any atom is 0.200 e. The molecule has 0 spiro atoms. The van der Waals surface area contributed by atoms with Gasteiger partial charge in [-0.25, -0.2) is 87.8 Å². The predicted molar refractivity (Wildman–Crippen MR) is 241 cm³/mol. The molecule has 0 aliphatic heterocycles. The third-order valence-corrected chi connectivity index (χ3v) is 16.9. The summed E-state index contributed by atoms with van der Waals surface area (Å²) < 4.78 is 322. The van der Waals surface area contributed by atoms with Crippen molar-refractivity contribution < 1.29 is 97.3 Å². The van der Waals surface area contributed by atoms with E-state index in [4.69, 9.17) is 9.47 Å². The highest BCUT2D eigenvalue weighted by Crippen LogP contribution is 2.55. The van der Waals surface area contributed by atoms with Crippen LogP contribution >= 0.6 is 15.8 Å². The quantitative estimate of drug-likeness (QED) is 0.0496. The fourth-order valence-corrected chi connectivity index (χ4v) is 13.5. The first-order chi connectivity index (χ1) is 36.0. The van der Waals surface area contributed by atoms with Gasteiger partial charge in [0.25, 0.3) is 0 Å². The summed E-state index contributed by atoms with van der Waals surface area (Å²) in [5, 5.41) is -8.52. The normalized spacial score (nSPS) is 11.6. The van der Waals surface area contributed by atoms with Crippen LogP contribution in [0.3, 0.4) is 0 Å². The molecule has 8 rings (SSSR count). The van der Waals surface area contributed by atoms with Gasteiger partial charge in [-0.2, -0.15) is 0 Å². The first-order valence-corrected chi connectivity index (χ1v) is 24.2. The minimum absolute atomic E-state index is 0.0315. The molecule has 76 heavy (non-hydrogen) atoms. The van der Waals surface area contributed by atoms with Crippen molar-refractivity contribution in [2.24, 2.45) is 0 Å². The Morgan fingerprint density at radius 3 is 0.697 bits per heavy atom. The highest BCUT2D eigenvalue weighted by Gasteiger charge is 2.42. The molecule has 0 aromatic heterocycles. The van der Waals surface area contributed by atoms with E-state index in [0.29, 0.717) is 0 Å². The Morgan fingerprint density at radius 2 is 0.487 bits per heavy atom. The van der Waals surface area contributed by atoms with E-state index in [1.165, 1.54) is 60.7 Å². The molecule has 0 N–H and O–H groups in total. The van der Waals surface area contributed by atoms with Crippen molar-refractivity contribution in [1.82, 2.24) is 0 Å². The monoisotopic (exact) mass is 1120 g/mol. The zero-order valence-corrected chi connectivity index (χ0v) is 39.6. The van der Waals surface area contributed by atoms with Crippen LogP contribution in [0.5, 0.6) is 11.5 Å². The molecule has 0 saturated carbocycles. The molecule has 8 aromatic carbocycles. The second-order valence-corrected chi connectivity index (χ2v) is 20.0. The number of rotatable bonds is 13. The molecule has 0 amide bonds. The molecule has 0 unspecified atom stereocenters. The van der Waals surface area contributed by atoms with Gasteiger partial charge in [0.15, 0.2) is 93.1 Å². The van der Waals surface area contributed by atoms with Gasteiger partial charge in [-0.3, -0.25) is 0 Å². The van der Waals surface area contributed by atoms with Crippen LogP contribution in [-0.2, 0) is 12.3 Å². The molecular weight excluding hydrogens is 1100 g/mol. The highest BCUT2D eigenvalue weighted by atomic mass is 31.1. The zero-order chi connectivity index (χ0) is 55.5. The van der Waals surface area contributed by atoms with Crippen LogP contribution in [0.1, 0.15) is 11.1 Å². The lowest BCUT2D eigenvalue weighted by atomic mass is 9.86. The predicted octanol–water partition coefficient (Wildman–Crippen LogP) is 14.8. The Balaban J connectivity index is 1.60. The van der Waals surface area contributed by atoms with E-state index >= 15 is 70.2 Å². The minimum atomic E-state index is -4.25. The van der Waals surface area contributed by atoms with Gasteiger partial charge in [-0.1, -0.05) is 72.8 Å². The highest BCUT2D eigenvalue weighted by molar-refractivity contribution is 7.72. The van der Waals surface area contributed by atoms with Crippen molar-refractivity contribution in [3.8, 4) is 44.9 Å². The molecule has 0 radical (unpaired) electrons. The van der Waals surface area contributed by atoms with E-state index in [9.17, 15) is 17.6 Å². The Hall–Kier alpha value is -7.18. The summed E-state index contributed by atoms with van der Waals surface area (Å²) in [6, 6.07) is 17.8. The first kappa shape index (κ1) is 55.1. The zero-order valence-electron chi connectivity index (χ0n) is 37.8. The Kier molecular flexibility index (Phi) is 15.5. The van der Waals surface area contributed by atoms with Crippen molar-refractivity contribution in [2.75, 3.05) is 14.2 Å². The molecule has 0 aliphatic rings. The van der Waals surface area contributed by atoms with Gasteiger partial charge in [0.1, 0.15) is 11.5 Å². The summed E-state index contributed by atoms with van der Waals surface area (Å²) >= 11 is 0. The summed E-state index contributed by atoms with van der Waals surface area (Å²) in [6.45, 7) is 0. The van der Waals surface area contributed by atoms with Gasteiger partial charge in [0, 0.05) is 23.5 Å². The van der Waals surface area contributed by atoms with Crippen LogP contribution in [0.2, 0.25) is 0 Å². The van der Waals surface area contributed by atoms with Gasteiger partial charge in [0.05, 0.1) is 35.4 Å². The van der Waals surface area contributed by atoms with Gasteiger partial charge in [0.2, 0.25) is 23.3 Å². The van der Waals surface area contributed by atoms with Crippen molar-refractivity contribution in [1.29, 1.82) is 0 Å². The molecule has 0 aliphatic carbocycles. The molecule has 394 valence electrons. The lowest BCUT2D eigenvalue weighted by Gasteiger charge is -2.29. The maximum atomic E-state index is 16.2. The Bertz CT molecular complexity index is 3160. The molecule has 24 heteroatoms. The van der Waals surface area contributed by atoms with Crippen LogP contribution in [0, 0.1) is 116 Å². The maximum absolute atomic E-state index is 16.2. The van der Waals surface area contributed by atoms with Crippen LogP contribution in [0.25, 0.3) is 33.4 Å². The smallest absolute Gasteiger partial charge is 0.200 e. The van der Waals surface area contributed by atoms with Crippen molar-refractivity contribution >= 4 is 37.1 Å². The summed E-state index contributed by atoms with van der Waals surface area (Å²) in [4.78, 5) is 0. The molecule has 0 atom stereocenters. The summed E-state index contributed by atoms with van der Waals surface area (Å²) in [6.07, 6.45) is -3.18. The SMILES string of the molecule is COc1ccc(-c2ccccc2)c(CP(c2c(F)c(F)c(F)c(F)c2F)c2c(F)c(F)c(F)c(F)c2F)c1-c1c(OC)ccc(-c2ccccc2)c1CP(c1c(F)c(F)c(F)c(F)c1F)c1c(F)c(F)c(F)c(F)c1F. The number of benzene rings is 8. The fourth-order valence-electron chi connectivity index (χ4n) is 8.42. The van der Waals surface area contributed by atoms with Gasteiger partial charge in [-0.15, -0.1) is 0 Å². The second kappa shape index (κ2) is 21.4. The third-order valence-electron chi connectivity index (χ3n) is 11.9. The number of ether oxygens (including phenoxy) is 2. The largest absolute Gasteiger partial charge is 0.496 e. The Labute approximate surface area is 417 Å². The average molecular weight is 1120 g/mol. The van der Waals surface area contributed by atoms with Crippen molar-refractivity contribution in [3.63, 3.8) is 0 Å². The van der Waals surface area contributed by atoms with Crippen LogP contribution in [0.4, 0.5) is 87.8 Å². The van der Waals surface area contributed by atoms with E-state index in [2.05, 4.69) is 0 Å². The lowest BCUT2D eigenvalue weighted by Crippen LogP contribution is -2.30. The van der Waals surface area contributed by atoms with Crippen LogP contribution in [0.15, 0.2) is 84.9 Å². The fraction of sp³-hybridized carbons (Fsp3) is 0.0769. The first-order valence-electron chi connectivity index (χ1n) is 21.1. The third kappa shape index (κ3) is 9.05. The Morgan fingerprint density at radius 1 is 0.276 bits per heavy atom. The molecule has 0 saturated heterocycles. The van der Waals surface area contributed by atoms with Crippen molar-refractivity contribution in [2.45, 2.75) is 12.3 Å². The molecule has 0 fully saturated rings. The molecular formula is C52H24F20O2P2. The number of hydrogen-bond acceptors (Lipinski definition) is 2. The average Bonchev–Trinajstić information content (AvgIpc) is 3.43. The van der Waals surface area contributed by atoms with E-state index in [0.717, 1.165) is 38.5 Å². The van der Waals surface area contributed by atoms with E-state index < -0.39 is 199 Å². The topological polar surface area (TPSA) is 18.5 Å².